The molecule has 0 saturated heterocycles. The van der Waals surface area contributed by atoms with Gasteiger partial charge in [0.1, 0.15) is 0 Å². The van der Waals surface area contributed by atoms with E-state index in [1.807, 2.05) is 19.3 Å². The van der Waals surface area contributed by atoms with E-state index in [0.29, 0.717) is 0 Å². The predicted molar refractivity (Wildman–Crippen MR) is 80.1 cm³/mol. The maximum Gasteiger partial charge on any atom is 0.0418 e. The largest absolute Gasteiger partial charge is 0.388 e. The number of hydrogen-bond acceptors (Lipinski definition) is 2. The fraction of sp³-hybridized carbons (Fsp3) is 0.267. The molecule has 0 fully saturated rings. The fourth-order valence-electron chi connectivity index (χ4n) is 2.11. The van der Waals surface area contributed by atoms with Crippen molar-refractivity contribution in [2.24, 2.45) is 0 Å². The number of nitrogens with zero attached hydrogens (tertiary/aromatic N) is 1. The van der Waals surface area contributed by atoms with Gasteiger partial charge in [-0.15, -0.1) is 0 Å². The molecular formula is C15H17BrN2. The lowest BCUT2D eigenvalue weighted by Crippen LogP contribution is -2.01. The number of nitrogens with one attached hydrogen (secondary N) is 1. The minimum atomic E-state index is 0.957. The first-order chi connectivity index (χ1) is 8.70. The van der Waals surface area contributed by atoms with Gasteiger partial charge in [0.25, 0.3) is 0 Å². The zero-order valence-electron chi connectivity index (χ0n) is 10.7. The minimum absolute atomic E-state index is 0.957. The van der Waals surface area contributed by atoms with E-state index in [4.69, 9.17) is 0 Å². The molecule has 0 aliphatic heterocycles. The lowest BCUT2D eigenvalue weighted by atomic mass is 10.0. The molecule has 1 aromatic carbocycles. The van der Waals surface area contributed by atoms with Gasteiger partial charge in [-0.1, -0.05) is 28.1 Å². The van der Waals surface area contributed by atoms with Crippen LogP contribution in [0.4, 0.5) is 5.69 Å². The molecule has 1 heterocycles. The van der Waals surface area contributed by atoms with E-state index < -0.39 is 0 Å². The topological polar surface area (TPSA) is 24.9 Å². The molecule has 0 atom stereocenters. The van der Waals surface area contributed by atoms with Gasteiger partial charge in [-0.05, 0) is 49.1 Å². The van der Waals surface area contributed by atoms with E-state index in [0.717, 1.165) is 23.0 Å². The highest BCUT2D eigenvalue weighted by Crippen LogP contribution is 2.21. The average Bonchev–Trinajstić information content (AvgIpc) is 2.37. The molecule has 0 bridgehead atoms. The van der Waals surface area contributed by atoms with Crippen molar-refractivity contribution in [3.8, 4) is 0 Å². The maximum atomic E-state index is 4.39. The number of aromatic nitrogens is 1. The molecule has 0 unspecified atom stereocenters. The molecule has 1 N–H and O–H groups in total. The highest BCUT2D eigenvalue weighted by molar-refractivity contribution is 9.10. The van der Waals surface area contributed by atoms with Crippen LogP contribution in [0.1, 0.15) is 16.8 Å². The normalized spacial score (nSPS) is 10.4. The number of pyridine rings is 1. The Hall–Kier alpha value is -1.35. The van der Waals surface area contributed by atoms with E-state index >= 15 is 0 Å². The van der Waals surface area contributed by atoms with Crippen LogP contribution in [0.15, 0.2) is 41.0 Å². The number of benzene rings is 1. The van der Waals surface area contributed by atoms with E-state index in [-0.39, 0.29) is 0 Å². The quantitative estimate of drug-likeness (QED) is 0.924. The number of rotatable bonds is 4. The van der Waals surface area contributed by atoms with Gasteiger partial charge in [0.05, 0.1) is 0 Å². The number of aryl methyl sites for hydroxylation is 2. The van der Waals surface area contributed by atoms with Gasteiger partial charge in [0.2, 0.25) is 0 Å². The molecule has 2 aromatic rings. The van der Waals surface area contributed by atoms with Gasteiger partial charge in [0.15, 0.2) is 0 Å². The van der Waals surface area contributed by atoms with Crippen LogP contribution in [0.25, 0.3) is 0 Å². The second-order valence-corrected chi connectivity index (χ2v) is 5.23. The monoisotopic (exact) mass is 304 g/mol. The first-order valence-electron chi connectivity index (χ1n) is 6.07. The summed E-state index contributed by atoms with van der Waals surface area (Å²) in [6, 6.07) is 10.4. The van der Waals surface area contributed by atoms with Crippen LogP contribution in [-0.2, 0) is 12.8 Å². The molecule has 3 heteroatoms. The Morgan fingerprint density at radius 3 is 2.78 bits per heavy atom. The van der Waals surface area contributed by atoms with Crippen LogP contribution in [0.2, 0.25) is 0 Å². The number of halogens is 1. The van der Waals surface area contributed by atoms with Crippen molar-refractivity contribution in [3.05, 3.63) is 57.8 Å². The number of hydrogen-bond donors (Lipinski definition) is 1. The Morgan fingerprint density at radius 2 is 2.06 bits per heavy atom. The predicted octanol–water partition coefficient (Wildman–Crippen LogP) is 3.98. The van der Waals surface area contributed by atoms with Gasteiger partial charge in [-0.25, -0.2) is 0 Å². The zero-order valence-corrected chi connectivity index (χ0v) is 12.3. The Labute approximate surface area is 117 Å². The smallest absolute Gasteiger partial charge is 0.0418 e. The standard InChI is InChI=1S/C15H17BrN2/c1-11-4-3-5-15(17-2)14(11)7-6-13-10-12(16)8-9-18-13/h3-5,8-10,17H,6-7H2,1-2H3. The molecule has 2 nitrogen and oxygen atoms in total. The second kappa shape index (κ2) is 6.01. The average molecular weight is 305 g/mol. The summed E-state index contributed by atoms with van der Waals surface area (Å²) < 4.78 is 1.09. The molecule has 0 aliphatic carbocycles. The third-order valence-corrected chi connectivity index (χ3v) is 3.58. The van der Waals surface area contributed by atoms with E-state index in [2.05, 4.69) is 57.4 Å². The van der Waals surface area contributed by atoms with Crippen molar-refractivity contribution in [3.63, 3.8) is 0 Å². The van der Waals surface area contributed by atoms with Crippen molar-refractivity contribution in [1.29, 1.82) is 0 Å². The summed E-state index contributed by atoms with van der Waals surface area (Å²) in [4.78, 5) is 4.39. The highest BCUT2D eigenvalue weighted by atomic mass is 79.9. The van der Waals surface area contributed by atoms with E-state index in [1.54, 1.807) is 0 Å². The van der Waals surface area contributed by atoms with Crippen molar-refractivity contribution >= 4 is 21.6 Å². The summed E-state index contributed by atoms with van der Waals surface area (Å²) in [5, 5.41) is 3.25. The molecule has 0 spiro atoms. The molecule has 94 valence electrons. The Balaban J connectivity index is 2.15. The van der Waals surface area contributed by atoms with Gasteiger partial charge in [0, 0.05) is 29.1 Å². The minimum Gasteiger partial charge on any atom is -0.388 e. The molecule has 1 aromatic heterocycles. The Kier molecular flexibility index (Phi) is 4.37. The first-order valence-corrected chi connectivity index (χ1v) is 6.86. The summed E-state index contributed by atoms with van der Waals surface area (Å²) >= 11 is 3.48. The van der Waals surface area contributed by atoms with Crippen molar-refractivity contribution in [1.82, 2.24) is 4.98 Å². The van der Waals surface area contributed by atoms with Gasteiger partial charge in [-0.3, -0.25) is 4.98 Å². The van der Waals surface area contributed by atoms with Crippen LogP contribution in [0.3, 0.4) is 0 Å². The summed E-state index contributed by atoms with van der Waals surface area (Å²) in [7, 11) is 1.97. The van der Waals surface area contributed by atoms with Gasteiger partial charge in [-0.2, -0.15) is 0 Å². The molecular weight excluding hydrogens is 288 g/mol. The third kappa shape index (κ3) is 3.10. The molecule has 0 amide bonds. The van der Waals surface area contributed by atoms with E-state index in [1.165, 1.54) is 16.8 Å². The summed E-state index contributed by atoms with van der Waals surface area (Å²) in [6.07, 6.45) is 3.81. The van der Waals surface area contributed by atoms with Gasteiger partial charge < -0.3 is 5.32 Å². The highest BCUT2D eigenvalue weighted by Gasteiger charge is 2.05. The van der Waals surface area contributed by atoms with Crippen LogP contribution in [0.5, 0.6) is 0 Å². The van der Waals surface area contributed by atoms with Crippen molar-refractivity contribution < 1.29 is 0 Å². The van der Waals surface area contributed by atoms with Crippen LogP contribution in [-0.4, -0.2) is 12.0 Å². The molecule has 2 rings (SSSR count). The van der Waals surface area contributed by atoms with Gasteiger partial charge >= 0.3 is 0 Å². The SMILES string of the molecule is CNc1cccc(C)c1CCc1cc(Br)ccn1. The van der Waals surface area contributed by atoms with Crippen LogP contribution in [0, 0.1) is 6.92 Å². The Morgan fingerprint density at radius 1 is 1.22 bits per heavy atom. The molecule has 18 heavy (non-hydrogen) atoms. The van der Waals surface area contributed by atoms with Crippen LogP contribution < -0.4 is 5.32 Å². The second-order valence-electron chi connectivity index (χ2n) is 4.32. The molecule has 0 aliphatic rings. The third-order valence-electron chi connectivity index (χ3n) is 3.09. The van der Waals surface area contributed by atoms with Crippen molar-refractivity contribution in [2.75, 3.05) is 12.4 Å². The summed E-state index contributed by atoms with van der Waals surface area (Å²) in [5.41, 5.74) is 5.04. The molecule has 0 saturated carbocycles. The summed E-state index contributed by atoms with van der Waals surface area (Å²) in [5.74, 6) is 0. The summed E-state index contributed by atoms with van der Waals surface area (Å²) in [6.45, 7) is 2.16. The van der Waals surface area contributed by atoms with Crippen molar-refractivity contribution in [2.45, 2.75) is 19.8 Å². The number of anilines is 1. The first kappa shape index (κ1) is 13.1. The maximum absolute atomic E-state index is 4.39. The molecule has 0 radical (unpaired) electrons. The van der Waals surface area contributed by atoms with Crippen LogP contribution >= 0.6 is 15.9 Å². The van der Waals surface area contributed by atoms with E-state index in [9.17, 15) is 0 Å². The fourth-order valence-corrected chi connectivity index (χ4v) is 2.49. The zero-order chi connectivity index (χ0) is 13.0. The Bertz CT molecular complexity index is 538. The lowest BCUT2D eigenvalue weighted by Gasteiger charge is -2.12. The lowest BCUT2D eigenvalue weighted by molar-refractivity contribution is 0.905.